The van der Waals surface area contributed by atoms with Crippen molar-refractivity contribution in [1.29, 1.82) is 0 Å². The van der Waals surface area contributed by atoms with Crippen molar-refractivity contribution in [2.45, 2.75) is 18.7 Å². The molecule has 0 aromatic heterocycles. The second kappa shape index (κ2) is 10.8. The largest absolute Gasteiger partial charge is 0.493 e. The van der Waals surface area contributed by atoms with E-state index in [2.05, 4.69) is 10.5 Å². The number of nitrogens with zero attached hydrogens (tertiary/aromatic N) is 2. The van der Waals surface area contributed by atoms with E-state index in [1.165, 1.54) is 32.6 Å². The number of carbonyl (C=O) groups is 1. The number of hydrogen-bond acceptors (Lipinski definition) is 6. The lowest BCUT2D eigenvalue weighted by atomic mass is 10.1. The Hall–Kier alpha value is -3.85. The zero-order valence-electron chi connectivity index (χ0n) is 19.5. The summed E-state index contributed by atoms with van der Waals surface area (Å²) < 4.78 is 38.5. The molecule has 0 aliphatic carbocycles. The fourth-order valence-electron chi connectivity index (χ4n) is 3.48. The van der Waals surface area contributed by atoms with Gasteiger partial charge in [0, 0.05) is 5.56 Å². The van der Waals surface area contributed by atoms with Crippen molar-refractivity contribution >= 4 is 27.8 Å². The number of sulfonamides is 1. The summed E-state index contributed by atoms with van der Waals surface area (Å²) in [6, 6.07) is 18.6. The van der Waals surface area contributed by atoms with E-state index in [0.717, 1.165) is 15.4 Å². The average molecular weight is 482 g/mol. The number of benzene rings is 3. The molecule has 0 aliphatic heterocycles. The lowest BCUT2D eigenvalue weighted by Crippen LogP contribution is -2.39. The molecule has 3 aromatic carbocycles. The van der Waals surface area contributed by atoms with Crippen molar-refractivity contribution in [1.82, 2.24) is 5.43 Å². The van der Waals surface area contributed by atoms with Crippen LogP contribution < -0.4 is 19.2 Å². The third-order valence-corrected chi connectivity index (χ3v) is 6.73. The van der Waals surface area contributed by atoms with Crippen LogP contribution in [0.4, 0.5) is 5.69 Å². The normalized spacial score (nSPS) is 11.3. The molecule has 3 rings (SSSR count). The van der Waals surface area contributed by atoms with Gasteiger partial charge in [0.1, 0.15) is 6.54 Å². The molecular weight excluding hydrogens is 454 g/mol. The van der Waals surface area contributed by atoms with Gasteiger partial charge in [0.05, 0.1) is 31.0 Å². The van der Waals surface area contributed by atoms with Crippen LogP contribution in [-0.4, -0.2) is 41.3 Å². The number of hydrazone groups is 1. The van der Waals surface area contributed by atoms with E-state index in [-0.39, 0.29) is 4.90 Å². The van der Waals surface area contributed by atoms with E-state index < -0.39 is 22.5 Å². The number of nitrogens with one attached hydrogen (secondary N) is 1. The molecule has 0 fully saturated rings. The number of aryl methyl sites for hydroxylation is 2. The quantitative estimate of drug-likeness (QED) is 0.372. The molecule has 0 radical (unpaired) electrons. The Morgan fingerprint density at radius 2 is 1.65 bits per heavy atom. The monoisotopic (exact) mass is 481 g/mol. The number of carbonyl (C=O) groups excluding carboxylic acids is 1. The first-order chi connectivity index (χ1) is 16.3. The van der Waals surface area contributed by atoms with Crippen molar-refractivity contribution in [3.05, 3.63) is 83.4 Å². The number of methoxy groups -OCH3 is 2. The van der Waals surface area contributed by atoms with Gasteiger partial charge in [0.15, 0.2) is 11.5 Å². The molecule has 0 aliphatic rings. The van der Waals surface area contributed by atoms with Crippen LogP contribution in [0.15, 0.2) is 76.7 Å². The molecule has 0 heterocycles. The van der Waals surface area contributed by atoms with Gasteiger partial charge in [-0.2, -0.15) is 5.10 Å². The van der Waals surface area contributed by atoms with E-state index in [4.69, 9.17) is 9.47 Å². The highest BCUT2D eigenvalue weighted by atomic mass is 32.2. The van der Waals surface area contributed by atoms with Gasteiger partial charge in [-0.3, -0.25) is 9.10 Å². The second-order valence-corrected chi connectivity index (χ2v) is 9.41. The number of rotatable bonds is 9. The van der Waals surface area contributed by atoms with Crippen LogP contribution >= 0.6 is 0 Å². The van der Waals surface area contributed by atoms with Gasteiger partial charge in [-0.25, -0.2) is 13.8 Å². The summed E-state index contributed by atoms with van der Waals surface area (Å²) in [6.45, 7) is 3.29. The third-order valence-electron chi connectivity index (χ3n) is 4.94. The first-order valence-electron chi connectivity index (χ1n) is 10.4. The van der Waals surface area contributed by atoms with E-state index in [9.17, 15) is 13.2 Å². The summed E-state index contributed by atoms with van der Waals surface area (Å²) in [6.07, 6.45) is 1.41. The molecule has 0 atom stereocenters. The molecule has 1 N–H and O–H groups in total. The SMILES string of the molecule is COc1cccc(/C=N\NC(=O)CN(c2cc(C)cc(C)c2)S(=O)(=O)c2ccccc2)c1OC. The van der Waals surface area contributed by atoms with Gasteiger partial charge < -0.3 is 9.47 Å². The highest BCUT2D eigenvalue weighted by Crippen LogP contribution is 2.29. The lowest BCUT2D eigenvalue weighted by Gasteiger charge is -2.24. The molecule has 0 unspecified atom stereocenters. The van der Waals surface area contributed by atoms with Gasteiger partial charge in [-0.15, -0.1) is 0 Å². The maximum Gasteiger partial charge on any atom is 0.264 e. The van der Waals surface area contributed by atoms with Crippen LogP contribution in [-0.2, 0) is 14.8 Å². The molecule has 0 saturated carbocycles. The Morgan fingerprint density at radius 3 is 2.26 bits per heavy atom. The smallest absolute Gasteiger partial charge is 0.264 e. The van der Waals surface area contributed by atoms with Crippen molar-refractivity contribution in [3.63, 3.8) is 0 Å². The minimum Gasteiger partial charge on any atom is -0.493 e. The Bertz CT molecular complexity index is 1270. The zero-order chi connectivity index (χ0) is 24.7. The van der Waals surface area contributed by atoms with Crippen molar-refractivity contribution in [3.8, 4) is 11.5 Å². The second-order valence-electron chi connectivity index (χ2n) is 7.55. The van der Waals surface area contributed by atoms with Crippen LogP contribution in [0.25, 0.3) is 0 Å². The number of ether oxygens (including phenoxy) is 2. The third kappa shape index (κ3) is 5.74. The molecule has 1 amide bonds. The molecule has 9 heteroatoms. The van der Waals surface area contributed by atoms with Crippen LogP contribution in [0, 0.1) is 13.8 Å². The fraction of sp³-hybridized carbons (Fsp3) is 0.200. The van der Waals surface area contributed by atoms with E-state index in [1.54, 1.807) is 48.5 Å². The zero-order valence-corrected chi connectivity index (χ0v) is 20.3. The summed E-state index contributed by atoms with van der Waals surface area (Å²) in [7, 11) is -0.968. The molecule has 0 saturated heterocycles. The number of amides is 1. The number of para-hydroxylation sites is 1. The molecule has 178 valence electrons. The fourth-order valence-corrected chi connectivity index (χ4v) is 4.91. The van der Waals surface area contributed by atoms with Gasteiger partial charge >= 0.3 is 0 Å². The minimum absolute atomic E-state index is 0.0894. The van der Waals surface area contributed by atoms with Crippen LogP contribution in [0.1, 0.15) is 16.7 Å². The van der Waals surface area contributed by atoms with Crippen molar-refractivity contribution < 1.29 is 22.7 Å². The average Bonchev–Trinajstić information content (AvgIpc) is 2.82. The predicted octanol–water partition coefficient (Wildman–Crippen LogP) is 3.67. The van der Waals surface area contributed by atoms with Gasteiger partial charge in [-0.1, -0.05) is 30.3 Å². The topological polar surface area (TPSA) is 97.3 Å². The van der Waals surface area contributed by atoms with E-state index >= 15 is 0 Å². The van der Waals surface area contributed by atoms with Crippen molar-refractivity contribution in [2.24, 2.45) is 5.10 Å². The first kappa shape index (κ1) is 24.8. The van der Waals surface area contributed by atoms with Crippen LogP contribution in [0.3, 0.4) is 0 Å². The van der Waals surface area contributed by atoms with E-state index in [1.807, 2.05) is 19.9 Å². The van der Waals surface area contributed by atoms with E-state index in [0.29, 0.717) is 22.7 Å². The Kier molecular flexibility index (Phi) is 7.91. The Morgan fingerprint density at radius 1 is 0.971 bits per heavy atom. The Balaban J connectivity index is 1.87. The number of hydrogen-bond donors (Lipinski definition) is 1. The Labute approximate surface area is 199 Å². The van der Waals surface area contributed by atoms with Gasteiger partial charge in [0.25, 0.3) is 15.9 Å². The van der Waals surface area contributed by atoms with Gasteiger partial charge in [-0.05, 0) is 61.4 Å². The molecule has 0 bridgehead atoms. The standard InChI is InChI=1S/C25H27N3O5S/c1-18-13-19(2)15-21(14-18)28(34(30,31)22-10-6-5-7-11-22)17-24(29)27-26-16-20-9-8-12-23(32-3)25(20)33-4/h5-16H,17H2,1-4H3,(H,27,29)/b26-16-. The number of anilines is 1. The molecule has 3 aromatic rings. The molecule has 8 nitrogen and oxygen atoms in total. The summed E-state index contributed by atoms with van der Waals surface area (Å²) in [5.74, 6) is 0.385. The lowest BCUT2D eigenvalue weighted by molar-refractivity contribution is -0.119. The first-order valence-corrected chi connectivity index (χ1v) is 11.9. The summed E-state index contributed by atoms with van der Waals surface area (Å²) in [4.78, 5) is 12.8. The summed E-state index contributed by atoms with van der Waals surface area (Å²) in [5.41, 5.74) is 5.15. The van der Waals surface area contributed by atoms with Crippen LogP contribution in [0.5, 0.6) is 11.5 Å². The predicted molar refractivity (Wildman–Crippen MR) is 132 cm³/mol. The van der Waals surface area contributed by atoms with Crippen LogP contribution in [0.2, 0.25) is 0 Å². The highest BCUT2D eigenvalue weighted by Gasteiger charge is 2.27. The molecule has 0 spiro atoms. The molecular formula is C25H27N3O5S. The van der Waals surface area contributed by atoms with Gasteiger partial charge in [0.2, 0.25) is 0 Å². The summed E-state index contributed by atoms with van der Waals surface area (Å²) in [5, 5.41) is 3.98. The summed E-state index contributed by atoms with van der Waals surface area (Å²) >= 11 is 0. The minimum atomic E-state index is -4.00. The van der Waals surface area contributed by atoms with Crippen molar-refractivity contribution in [2.75, 3.05) is 25.1 Å². The highest BCUT2D eigenvalue weighted by molar-refractivity contribution is 7.92. The maximum atomic E-state index is 13.4. The maximum absolute atomic E-state index is 13.4. The molecule has 34 heavy (non-hydrogen) atoms.